The van der Waals surface area contributed by atoms with Crippen LogP contribution >= 0.6 is 22.9 Å². The van der Waals surface area contributed by atoms with Crippen LogP contribution in [0.2, 0.25) is 4.34 Å². The van der Waals surface area contributed by atoms with Crippen LogP contribution in [0, 0.1) is 6.92 Å². The molecule has 0 aliphatic carbocycles. The third kappa shape index (κ3) is 2.74. The molecule has 4 heteroatoms. The Morgan fingerprint density at radius 2 is 2.00 bits per heavy atom. The van der Waals surface area contributed by atoms with Crippen molar-refractivity contribution in [3.05, 3.63) is 50.7 Å². The second-order valence-corrected chi connectivity index (χ2v) is 5.51. The molecule has 2 aromatic rings. The van der Waals surface area contributed by atoms with Gasteiger partial charge in [-0.1, -0.05) is 11.6 Å². The molecule has 2 nitrogen and oxygen atoms in total. The minimum Gasteiger partial charge on any atom is -0.494 e. The Balaban J connectivity index is 2.23. The normalized spacial score (nSPS) is 10.4. The topological polar surface area (TPSA) is 26.3 Å². The molecule has 0 radical (unpaired) electrons. The number of hydrogen-bond donors (Lipinski definition) is 0. The molecule has 0 aliphatic rings. The Kier molecular flexibility index (Phi) is 4.04. The lowest BCUT2D eigenvalue weighted by molar-refractivity contribution is 0.104. The van der Waals surface area contributed by atoms with E-state index in [1.165, 1.54) is 11.3 Å². The number of carbonyl (C=O) groups is 1. The van der Waals surface area contributed by atoms with Crippen LogP contribution in [-0.2, 0) is 0 Å². The average molecular weight is 281 g/mol. The molecule has 0 amide bonds. The Morgan fingerprint density at radius 1 is 1.33 bits per heavy atom. The van der Waals surface area contributed by atoms with Crippen molar-refractivity contribution in [1.29, 1.82) is 0 Å². The van der Waals surface area contributed by atoms with Gasteiger partial charge in [-0.25, -0.2) is 0 Å². The Labute approximate surface area is 115 Å². The molecular weight excluding hydrogens is 268 g/mol. The van der Waals surface area contributed by atoms with E-state index >= 15 is 0 Å². The number of carbonyl (C=O) groups excluding carboxylic acids is 1. The second-order valence-electron chi connectivity index (χ2n) is 3.85. The minimum absolute atomic E-state index is 0.00181. The van der Waals surface area contributed by atoms with E-state index in [1.807, 2.05) is 19.9 Å². The van der Waals surface area contributed by atoms with Gasteiger partial charge in [0.25, 0.3) is 0 Å². The number of thiophene rings is 1. The van der Waals surface area contributed by atoms with E-state index in [-0.39, 0.29) is 5.78 Å². The summed E-state index contributed by atoms with van der Waals surface area (Å²) in [6.45, 7) is 4.44. The summed E-state index contributed by atoms with van der Waals surface area (Å²) in [5.74, 6) is 0.771. The highest BCUT2D eigenvalue weighted by Crippen LogP contribution is 2.28. The maximum absolute atomic E-state index is 12.2. The smallest absolute Gasteiger partial charge is 0.203 e. The fourth-order valence-corrected chi connectivity index (χ4v) is 2.75. The van der Waals surface area contributed by atoms with Crippen LogP contribution in [0.4, 0.5) is 0 Å². The Morgan fingerprint density at radius 3 is 2.50 bits per heavy atom. The summed E-state index contributed by atoms with van der Waals surface area (Å²) < 4.78 is 6.01. The van der Waals surface area contributed by atoms with E-state index in [9.17, 15) is 4.79 Å². The number of ketones is 1. The molecule has 0 spiro atoms. The molecule has 0 N–H and O–H groups in total. The first-order chi connectivity index (χ1) is 8.61. The molecule has 0 bridgehead atoms. The van der Waals surface area contributed by atoms with E-state index in [2.05, 4.69) is 0 Å². The highest BCUT2D eigenvalue weighted by molar-refractivity contribution is 7.18. The molecule has 1 aromatic carbocycles. The maximum atomic E-state index is 12.2. The van der Waals surface area contributed by atoms with E-state index < -0.39 is 0 Å². The second kappa shape index (κ2) is 5.55. The third-order valence-corrected chi connectivity index (χ3v) is 4.06. The van der Waals surface area contributed by atoms with Gasteiger partial charge >= 0.3 is 0 Å². The minimum atomic E-state index is -0.00181. The predicted molar refractivity (Wildman–Crippen MR) is 75.1 cm³/mol. The van der Waals surface area contributed by atoms with Crippen LogP contribution in [-0.4, -0.2) is 12.4 Å². The van der Waals surface area contributed by atoms with Crippen molar-refractivity contribution in [3.63, 3.8) is 0 Å². The van der Waals surface area contributed by atoms with Crippen LogP contribution in [0.25, 0.3) is 0 Å². The summed E-state index contributed by atoms with van der Waals surface area (Å²) >= 11 is 7.29. The summed E-state index contributed by atoms with van der Waals surface area (Å²) in [7, 11) is 0. The van der Waals surface area contributed by atoms with E-state index in [4.69, 9.17) is 16.3 Å². The van der Waals surface area contributed by atoms with Gasteiger partial charge in [-0.3, -0.25) is 4.79 Å². The fourth-order valence-electron chi connectivity index (χ4n) is 1.58. The Hall–Kier alpha value is -1.32. The van der Waals surface area contributed by atoms with Gasteiger partial charge in [0.05, 0.1) is 15.8 Å². The zero-order valence-corrected chi connectivity index (χ0v) is 11.8. The molecular formula is C14H13ClO2S. The van der Waals surface area contributed by atoms with Crippen molar-refractivity contribution in [2.75, 3.05) is 6.61 Å². The SMILES string of the molecule is CCOc1ccc(C(=O)c2cc(C)c(Cl)s2)cc1. The van der Waals surface area contributed by atoms with Crippen molar-refractivity contribution >= 4 is 28.7 Å². The van der Waals surface area contributed by atoms with Crippen molar-refractivity contribution in [2.45, 2.75) is 13.8 Å². The van der Waals surface area contributed by atoms with Crippen LogP contribution < -0.4 is 4.74 Å². The van der Waals surface area contributed by atoms with Gasteiger partial charge in [0.2, 0.25) is 5.78 Å². The zero-order chi connectivity index (χ0) is 13.1. The van der Waals surface area contributed by atoms with Crippen LogP contribution in [0.1, 0.15) is 27.7 Å². The molecule has 0 atom stereocenters. The molecule has 0 fully saturated rings. The molecule has 2 rings (SSSR count). The van der Waals surface area contributed by atoms with Gasteiger partial charge in [0.15, 0.2) is 0 Å². The molecule has 0 unspecified atom stereocenters. The number of benzene rings is 1. The van der Waals surface area contributed by atoms with Gasteiger partial charge in [-0.2, -0.15) is 0 Å². The lowest BCUT2D eigenvalue weighted by atomic mass is 10.1. The van der Waals surface area contributed by atoms with E-state index in [0.717, 1.165) is 11.3 Å². The first kappa shape index (κ1) is 13.1. The zero-order valence-electron chi connectivity index (χ0n) is 10.2. The fraction of sp³-hybridized carbons (Fsp3) is 0.214. The number of aryl methyl sites for hydroxylation is 1. The molecule has 1 aromatic heterocycles. The maximum Gasteiger partial charge on any atom is 0.203 e. The van der Waals surface area contributed by atoms with Gasteiger partial charge in [-0.05, 0) is 49.7 Å². The molecule has 94 valence electrons. The summed E-state index contributed by atoms with van der Waals surface area (Å²) in [6, 6.07) is 8.98. The predicted octanol–water partition coefficient (Wildman–Crippen LogP) is 4.34. The van der Waals surface area contributed by atoms with Crippen molar-refractivity contribution < 1.29 is 9.53 Å². The van der Waals surface area contributed by atoms with Crippen LogP contribution in [0.3, 0.4) is 0 Å². The van der Waals surface area contributed by atoms with Crippen molar-refractivity contribution in [1.82, 2.24) is 0 Å². The van der Waals surface area contributed by atoms with Crippen LogP contribution in [0.5, 0.6) is 5.75 Å². The first-order valence-electron chi connectivity index (χ1n) is 5.65. The van der Waals surface area contributed by atoms with Gasteiger partial charge in [0.1, 0.15) is 5.75 Å². The van der Waals surface area contributed by atoms with Gasteiger partial charge in [0, 0.05) is 5.56 Å². The first-order valence-corrected chi connectivity index (χ1v) is 6.84. The molecule has 1 heterocycles. The molecule has 0 saturated carbocycles. The third-order valence-electron chi connectivity index (χ3n) is 2.51. The highest BCUT2D eigenvalue weighted by atomic mass is 35.5. The largest absolute Gasteiger partial charge is 0.494 e. The van der Waals surface area contributed by atoms with E-state index in [0.29, 0.717) is 21.4 Å². The lowest BCUT2D eigenvalue weighted by Gasteiger charge is -2.03. The number of halogens is 1. The average Bonchev–Trinajstić information content (AvgIpc) is 2.70. The molecule has 0 saturated heterocycles. The summed E-state index contributed by atoms with van der Waals surface area (Å²) in [6.07, 6.45) is 0. The standard InChI is InChI=1S/C14H13ClO2S/c1-3-17-11-6-4-10(5-7-11)13(16)12-8-9(2)14(15)18-12/h4-8H,3H2,1-2H3. The summed E-state index contributed by atoms with van der Waals surface area (Å²) in [4.78, 5) is 12.9. The van der Waals surface area contributed by atoms with Crippen molar-refractivity contribution in [2.24, 2.45) is 0 Å². The summed E-state index contributed by atoms with van der Waals surface area (Å²) in [5.41, 5.74) is 1.59. The van der Waals surface area contributed by atoms with E-state index in [1.54, 1.807) is 24.3 Å². The molecule has 0 aliphatic heterocycles. The highest BCUT2D eigenvalue weighted by Gasteiger charge is 2.13. The number of ether oxygens (including phenoxy) is 1. The quantitative estimate of drug-likeness (QED) is 0.779. The number of rotatable bonds is 4. The van der Waals surface area contributed by atoms with Crippen LogP contribution in [0.15, 0.2) is 30.3 Å². The van der Waals surface area contributed by atoms with Gasteiger partial charge < -0.3 is 4.74 Å². The van der Waals surface area contributed by atoms with Gasteiger partial charge in [-0.15, -0.1) is 11.3 Å². The van der Waals surface area contributed by atoms with Crippen molar-refractivity contribution in [3.8, 4) is 5.75 Å². The number of hydrogen-bond acceptors (Lipinski definition) is 3. The Bertz CT molecular complexity index is 538. The monoisotopic (exact) mass is 280 g/mol. The summed E-state index contributed by atoms with van der Waals surface area (Å²) in [5, 5.41) is 0. The molecule has 18 heavy (non-hydrogen) atoms. The lowest BCUT2D eigenvalue weighted by Crippen LogP contribution is -1.99.